The molecule has 1 aromatic carbocycles. The molecule has 3 rings (SSSR count). The highest BCUT2D eigenvalue weighted by atomic mass is 32.2. The lowest BCUT2D eigenvalue weighted by molar-refractivity contribution is -0.141. The second-order valence-corrected chi connectivity index (χ2v) is 5.58. The Morgan fingerprint density at radius 2 is 2.11 bits per heavy atom. The molecule has 2 aliphatic rings. The zero-order valence-electron chi connectivity index (χ0n) is 10.6. The molecule has 1 atom stereocenters. The van der Waals surface area contributed by atoms with Crippen molar-refractivity contribution in [1.82, 2.24) is 4.31 Å². The van der Waals surface area contributed by atoms with Crippen molar-refractivity contribution in [2.75, 3.05) is 19.8 Å². The number of benzene rings is 1. The lowest BCUT2D eigenvalue weighted by atomic mass is 10.0. The third kappa shape index (κ3) is 2.26. The van der Waals surface area contributed by atoms with Gasteiger partial charge in [-0.3, -0.25) is 4.79 Å². The molecule has 0 amide bonds. The fourth-order valence-corrected chi connectivity index (χ4v) is 3.45. The SMILES string of the molecule is CCN1Sc2cc3c(cc2CC1C(=O)O)OCCO3. The number of hydrogen-bond acceptors (Lipinski definition) is 5. The highest BCUT2D eigenvalue weighted by molar-refractivity contribution is 7.97. The van der Waals surface area contributed by atoms with E-state index in [4.69, 9.17) is 9.47 Å². The van der Waals surface area contributed by atoms with E-state index in [0.29, 0.717) is 26.2 Å². The molecule has 0 aromatic heterocycles. The molecule has 1 unspecified atom stereocenters. The van der Waals surface area contributed by atoms with Crippen LogP contribution in [0.25, 0.3) is 0 Å². The van der Waals surface area contributed by atoms with Crippen LogP contribution in [0, 0.1) is 0 Å². The molecule has 0 fully saturated rings. The van der Waals surface area contributed by atoms with Crippen molar-refractivity contribution in [3.63, 3.8) is 0 Å². The molecule has 1 N–H and O–H groups in total. The van der Waals surface area contributed by atoms with Gasteiger partial charge in [-0.05, 0) is 29.6 Å². The number of nitrogens with zero attached hydrogens (tertiary/aromatic N) is 1. The average molecular weight is 281 g/mol. The number of carbonyl (C=O) groups is 1. The van der Waals surface area contributed by atoms with Crippen molar-refractivity contribution in [3.8, 4) is 11.5 Å². The Morgan fingerprint density at radius 1 is 1.42 bits per heavy atom. The number of hydrogen-bond donors (Lipinski definition) is 1. The molecule has 6 heteroatoms. The summed E-state index contributed by atoms with van der Waals surface area (Å²) in [5, 5.41) is 9.29. The molecule has 0 aliphatic carbocycles. The molecule has 19 heavy (non-hydrogen) atoms. The van der Waals surface area contributed by atoms with Gasteiger partial charge in [-0.15, -0.1) is 0 Å². The van der Waals surface area contributed by atoms with E-state index in [0.717, 1.165) is 22.0 Å². The minimum atomic E-state index is -0.783. The molecular weight excluding hydrogens is 266 g/mol. The third-order valence-electron chi connectivity index (χ3n) is 3.30. The van der Waals surface area contributed by atoms with Crippen LogP contribution in [0.3, 0.4) is 0 Å². The fraction of sp³-hybridized carbons (Fsp3) is 0.462. The highest BCUT2D eigenvalue weighted by Crippen LogP contribution is 2.42. The van der Waals surface area contributed by atoms with Crippen LogP contribution >= 0.6 is 11.9 Å². The van der Waals surface area contributed by atoms with Crippen molar-refractivity contribution >= 4 is 17.9 Å². The predicted molar refractivity (Wildman–Crippen MR) is 70.8 cm³/mol. The molecule has 5 nitrogen and oxygen atoms in total. The first-order valence-corrected chi connectivity index (χ1v) is 7.06. The Balaban J connectivity index is 1.97. The lowest BCUT2D eigenvalue weighted by Crippen LogP contribution is -2.40. The summed E-state index contributed by atoms with van der Waals surface area (Å²) >= 11 is 1.48. The van der Waals surface area contributed by atoms with Gasteiger partial charge in [-0.1, -0.05) is 6.92 Å². The van der Waals surface area contributed by atoms with Gasteiger partial charge in [0.15, 0.2) is 11.5 Å². The Labute approximate surface area is 115 Å². The molecule has 2 heterocycles. The number of likely N-dealkylation sites (N-methyl/N-ethyl adjacent to an activating group) is 1. The number of fused-ring (bicyclic) bond motifs is 2. The molecular formula is C13H15NO4S. The molecule has 0 saturated carbocycles. The van der Waals surface area contributed by atoms with Gasteiger partial charge in [0.25, 0.3) is 0 Å². The van der Waals surface area contributed by atoms with Gasteiger partial charge >= 0.3 is 5.97 Å². The van der Waals surface area contributed by atoms with E-state index >= 15 is 0 Å². The molecule has 0 saturated heterocycles. The maximum atomic E-state index is 11.3. The summed E-state index contributed by atoms with van der Waals surface area (Å²) in [7, 11) is 0. The molecule has 2 aliphatic heterocycles. The van der Waals surface area contributed by atoms with E-state index < -0.39 is 12.0 Å². The van der Waals surface area contributed by atoms with Crippen LogP contribution in [0.5, 0.6) is 11.5 Å². The molecule has 102 valence electrons. The number of ether oxygens (including phenoxy) is 2. The van der Waals surface area contributed by atoms with Crippen LogP contribution in [0.1, 0.15) is 12.5 Å². The van der Waals surface area contributed by atoms with Crippen LogP contribution in [-0.2, 0) is 11.2 Å². The first-order valence-electron chi connectivity index (χ1n) is 6.29. The van der Waals surface area contributed by atoms with Gasteiger partial charge < -0.3 is 14.6 Å². The van der Waals surface area contributed by atoms with Crippen molar-refractivity contribution in [1.29, 1.82) is 0 Å². The molecule has 0 spiro atoms. The standard InChI is InChI=1S/C13H15NO4S/c1-2-14-9(13(15)16)5-8-6-10-11(7-12(8)19-14)18-4-3-17-10/h6-7,9H,2-5H2,1H3,(H,15,16). The van der Waals surface area contributed by atoms with Crippen LogP contribution in [0.15, 0.2) is 17.0 Å². The summed E-state index contributed by atoms with van der Waals surface area (Å²) in [5.74, 6) is 0.692. The van der Waals surface area contributed by atoms with Crippen molar-refractivity contribution in [2.45, 2.75) is 24.3 Å². The summed E-state index contributed by atoms with van der Waals surface area (Å²) in [5.41, 5.74) is 1.02. The minimum absolute atomic E-state index is 0.481. The maximum Gasteiger partial charge on any atom is 0.322 e. The van der Waals surface area contributed by atoms with E-state index in [9.17, 15) is 9.90 Å². The zero-order chi connectivity index (χ0) is 13.4. The van der Waals surface area contributed by atoms with E-state index in [2.05, 4.69) is 0 Å². The summed E-state index contributed by atoms with van der Waals surface area (Å²) in [6.07, 6.45) is 0.502. The van der Waals surface area contributed by atoms with Crippen molar-refractivity contribution < 1.29 is 19.4 Å². The quantitative estimate of drug-likeness (QED) is 0.834. The van der Waals surface area contributed by atoms with Gasteiger partial charge in [-0.25, -0.2) is 4.31 Å². The molecule has 1 aromatic rings. The Hall–Kier alpha value is -1.40. The molecule has 0 radical (unpaired) electrons. The summed E-state index contributed by atoms with van der Waals surface area (Å²) < 4.78 is 13.0. The second-order valence-electron chi connectivity index (χ2n) is 4.49. The van der Waals surface area contributed by atoms with E-state index in [1.54, 1.807) is 0 Å². The van der Waals surface area contributed by atoms with Crippen molar-refractivity contribution in [3.05, 3.63) is 17.7 Å². The smallest absolute Gasteiger partial charge is 0.322 e. The molecule has 0 bridgehead atoms. The van der Waals surface area contributed by atoms with Gasteiger partial charge in [0.1, 0.15) is 19.3 Å². The first-order chi connectivity index (χ1) is 9.19. The number of aliphatic carboxylic acids is 1. The van der Waals surface area contributed by atoms with Crippen LogP contribution in [-0.4, -0.2) is 41.2 Å². The van der Waals surface area contributed by atoms with E-state index in [1.807, 2.05) is 23.4 Å². The normalized spacial score (nSPS) is 21.8. The van der Waals surface area contributed by atoms with Crippen LogP contribution in [0.4, 0.5) is 0 Å². The van der Waals surface area contributed by atoms with Gasteiger partial charge in [0.05, 0.1) is 0 Å². The van der Waals surface area contributed by atoms with Crippen molar-refractivity contribution in [2.24, 2.45) is 0 Å². The van der Waals surface area contributed by atoms with E-state index in [-0.39, 0.29) is 0 Å². The first kappa shape index (κ1) is 12.6. The minimum Gasteiger partial charge on any atom is -0.486 e. The Bertz CT molecular complexity index is 520. The fourth-order valence-electron chi connectivity index (χ4n) is 2.35. The highest BCUT2D eigenvalue weighted by Gasteiger charge is 2.32. The Morgan fingerprint density at radius 3 is 2.74 bits per heavy atom. The lowest BCUT2D eigenvalue weighted by Gasteiger charge is -2.33. The summed E-state index contributed by atoms with van der Waals surface area (Å²) in [4.78, 5) is 12.4. The Kier molecular flexibility index (Phi) is 3.28. The van der Waals surface area contributed by atoms with Crippen LogP contribution in [0.2, 0.25) is 0 Å². The van der Waals surface area contributed by atoms with Gasteiger partial charge in [-0.2, -0.15) is 0 Å². The van der Waals surface area contributed by atoms with Crippen LogP contribution < -0.4 is 9.47 Å². The number of carboxylic acids is 1. The zero-order valence-corrected chi connectivity index (χ0v) is 11.4. The topological polar surface area (TPSA) is 59.0 Å². The second kappa shape index (κ2) is 4.94. The summed E-state index contributed by atoms with van der Waals surface area (Å²) in [6, 6.07) is 3.39. The van der Waals surface area contributed by atoms with Gasteiger partial charge in [0, 0.05) is 17.9 Å². The monoisotopic (exact) mass is 281 g/mol. The predicted octanol–water partition coefficient (Wildman–Crippen LogP) is 1.80. The largest absolute Gasteiger partial charge is 0.486 e. The summed E-state index contributed by atoms with van der Waals surface area (Å²) in [6.45, 7) is 3.76. The van der Waals surface area contributed by atoms with Gasteiger partial charge in [0.2, 0.25) is 0 Å². The number of carboxylic acid groups (broad SMARTS) is 1. The average Bonchev–Trinajstić information content (AvgIpc) is 2.43. The third-order valence-corrected chi connectivity index (χ3v) is 4.62. The maximum absolute atomic E-state index is 11.3. The van der Waals surface area contributed by atoms with E-state index in [1.165, 1.54) is 11.9 Å². The number of rotatable bonds is 2.